The van der Waals surface area contributed by atoms with Gasteiger partial charge in [-0.15, -0.1) is 0 Å². The van der Waals surface area contributed by atoms with Crippen molar-refractivity contribution >= 4 is 16.6 Å². The number of hydrogen-bond donors (Lipinski definition) is 1. The van der Waals surface area contributed by atoms with Crippen molar-refractivity contribution in [2.45, 2.75) is 38.8 Å². The Kier molecular flexibility index (Phi) is 10.2. The van der Waals surface area contributed by atoms with Crippen molar-refractivity contribution in [3.63, 3.8) is 0 Å². The number of nitrogens with one attached hydrogen (secondary N) is 1. The third-order valence-corrected chi connectivity index (χ3v) is 6.65. The first-order valence-corrected chi connectivity index (χ1v) is 12.1. The van der Waals surface area contributed by atoms with Crippen LogP contribution in [0.25, 0.3) is 0 Å². The van der Waals surface area contributed by atoms with E-state index in [1.807, 2.05) is 12.1 Å². The van der Waals surface area contributed by atoms with E-state index in [0.29, 0.717) is 23.4 Å². The maximum atomic E-state index is 12.9. The highest BCUT2D eigenvalue weighted by Crippen LogP contribution is 2.27. The van der Waals surface area contributed by atoms with Gasteiger partial charge in [0.15, 0.2) is 0 Å². The lowest BCUT2D eigenvalue weighted by atomic mass is 10.0. The molecule has 0 spiro atoms. The fraction of sp³-hybridized carbons (Fsp3) is 0.478. The Bertz CT molecular complexity index is 961. The van der Waals surface area contributed by atoms with E-state index < -0.39 is 22.5 Å². The molecule has 2 rings (SSSR count). The van der Waals surface area contributed by atoms with Gasteiger partial charge in [-0.05, 0) is 62.3 Å². The Balaban J connectivity index is 1.96. The molecular formula is C23H31F3N4OS. The minimum Gasteiger partial charge on any atom is -0.368 e. The van der Waals surface area contributed by atoms with Gasteiger partial charge < -0.3 is 5.32 Å². The van der Waals surface area contributed by atoms with Crippen LogP contribution in [0.1, 0.15) is 32.6 Å². The van der Waals surface area contributed by atoms with Gasteiger partial charge in [0.25, 0.3) is 0 Å². The van der Waals surface area contributed by atoms with Crippen LogP contribution in [0, 0.1) is 5.92 Å². The van der Waals surface area contributed by atoms with Gasteiger partial charge in [-0.25, -0.2) is 9.67 Å². The second-order valence-electron chi connectivity index (χ2n) is 7.61. The van der Waals surface area contributed by atoms with Gasteiger partial charge in [0.1, 0.15) is 11.3 Å². The first-order chi connectivity index (χ1) is 15.2. The van der Waals surface area contributed by atoms with Gasteiger partial charge in [-0.1, -0.05) is 24.8 Å². The van der Waals surface area contributed by atoms with Crippen LogP contribution < -0.4 is 10.8 Å². The number of alkyl halides is 3. The highest BCUT2D eigenvalue weighted by atomic mass is 32.2. The van der Waals surface area contributed by atoms with Crippen LogP contribution in [0.15, 0.2) is 65.4 Å². The smallest absolute Gasteiger partial charge is 0.368 e. The lowest BCUT2D eigenvalue weighted by Crippen LogP contribution is -2.22. The summed E-state index contributed by atoms with van der Waals surface area (Å²) in [5.41, 5.74) is 0.371. The average molecular weight is 469 g/mol. The Morgan fingerprint density at radius 1 is 1.38 bits per heavy atom. The van der Waals surface area contributed by atoms with Gasteiger partial charge in [0, 0.05) is 42.1 Å². The Morgan fingerprint density at radius 3 is 2.81 bits per heavy atom. The molecule has 2 heterocycles. The van der Waals surface area contributed by atoms with E-state index in [9.17, 15) is 17.4 Å². The van der Waals surface area contributed by atoms with Crippen LogP contribution in [-0.2, 0) is 17.8 Å². The second-order valence-corrected chi connectivity index (χ2v) is 9.31. The molecule has 5 nitrogen and oxygen atoms in total. The monoisotopic (exact) mass is 468 g/mol. The number of aryl methyl sites for hydroxylation is 1. The summed E-state index contributed by atoms with van der Waals surface area (Å²) in [4.78, 5) is 4.34. The second kappa shape index (κ2) is 12.6. The maximum absolute atomic E-state index is 12.9. The Labute approximate surface area is 190 Å². The van der Waals surface area contributed by atoms with Crippen LogP contribution in [0.2, 0.25) is 0 Å². The molecule has 0 aromatic carbocycles. The minimum atomic E-state index is -4.42. The largest absolute Gasteiger partial charge is 0.416 e. The number of hydrogen-bond acceptors (Lipinski definition) is 4. The molecule has 0 saturated carbocycles. The fourth-order valence-electron chi connectivity index (χ4n) is 3.29. The zero-order valence-electron chi connectivity index (χ0n) is 18.6. The molecule has 0 radical (unpaired) electrons. The molecule has 176 valence electrons. The molecule has 9 heteroatoms. The zero-order valence-corrected chi connectivity index (χ0v) is 19.4. The third kappa shape index (κ3) is 8.61. The van der Waals surface area contributed by atoms with Crippen molar-refractivity contribution in [1.82, 2.24) is 9.78 Å². The predicted molar refractivity (Wildman–Crippen MR) is 124 cm³/mol. The van der Waals surface area contributed by atoms with E-state index in [1.54, 1.807) is 37.0 Å². The fourth-order valence-corrected chi connectivity index (χ4v) is 4.58. The first kappa shape index (κ1) is 25.8. The molecule has 2 unspecified atom stereocenters. The molecule has 1 aliphatic heterocycles. The summed E-state index contributed by atoms with van der Waals surface area (Å²) in [5, 5.41) is 7.81. The topological polar surface area (TPSA) is 59.3 Å². The van der Waals surface area contributed by atoms with E-state index in [2.05, 4.69) is 22.0 Å². The number of halogens is 3. The molecule has 1 aromatic rings. The number of rotatable bonds is 8. The highest BCUT2D eigenvalue weighted by Gasteiger charge is 2.31. The van der Waals surface area contributed by atoms with Gasteiger partial charge in [0.2, 0.25) is 0 Å². The average Bonchev–Trinajstić information content (AvgIpc) is 2.96. The lowest BCUT2D eigenvalue weighted by Gasteiger charge is -2.15. The summed E-state index contributed by atoms with van der Waals surface area (Å²) < 4.78 is 51.9. The molecular weight excluding hydrogens is 437 g/mol. The Morgan fingerprint density at radius 2 is 2.16 bits per heavy atom. The van der Waals surface area contributed by atoms with Gasteiger partial charge in [-0.3, -0.25) is 4.21 Å². The molecule has 1 aromatic heterocycles. The maximum Gasteiger partial charge on any atom is 0.416 e. The molecule has 32 heavy (non-hydrogen) atoms. The summed E-state index contributed by atoms with van der Waals surface area (Å²) in [6.45, 7) is 5.72. The van der Waals surface area contributed by atoms with E-state index in [1.165, 1.54) is 0 Å². The van der Waals surface area contributed by atoms with Crippen LogP contribution in [0.3, 0.4) is 0 Å². The first-order valence-electron chi connectivity index (χ1n) is 10.6. The van der Waals surface area contributed by atoms with Gasteiger partial charge >= 0.3 is 6.18 Å². The lowest BCUT2D eigenvalue weighted by molar-refractivity contribution is -0.0882. The van der Waals surface area contributed by atoms with Crippen LogP contribution in [-0.4, -0.2) is 38.2 Å². The SMILES string of the molecule is C=C/C(=C\C(=C/C)CC=CN=c1ccc(NCC2CCCS(=O)CC2)nn1C)C(F)(F)F. The van der Waals surface area contributed by atoms with Crippen molar-refractivity contribution < 1.29 is 17.4 Å². The van der Waals surface area contributed by atoms with E-state index in [4.69, 9.17) is 0 Å². The molecule has 2 atom stereocenters. The molecule has 0 bridgehead atoms. The normalized spacial score (nSPS) is 21.6. The van der Waals surface area contributed by atoms with Crippen molar-refractivity contribution in [3.8, 4) is 0 Å². The Hall–Kier alpha value is -2.42. The molecule has 0 aliphatic carbocycles. The van der Waals surface area contributed by atoms with Crippen molar-refractivity contribution in [2.75, 3.05) is 23.4 Å². The summed E-state index contributed by atoms with van der Waals surface area (Å²) in [7, 11) is 1.11. The predicted octanol–water partition coefficient (Wildman–Crippen LogP) is 4.81. The van der Waals surface area contributed by atoms with E-state index >= 15 is 0 Å². The molecule has 1 saturated heterocycles. The number of aromatic nitrogens is 2. The zero-order chi connectivity index (χ0) is 23.6. The number of nitrogens with zero attached hydrogens (tertiary/aromatic N) is 3. The molecule has 1 N–H and O–H groups in total. The summed E-state index contributed by atoms with van der Waals surface area (Å²) in [6, 6.07) is 3.68. The van der Waals surface area contributed by atoms with Crippen molar-refractivity contribution in [3.05, 3.63) is 65.8 Å². The van der Waals surface area contributed by atoms with Crippen molar-refractivity contribution in [2.24, 2.45) is 18.0 Å². The van der Waals surface area contributed by atoms with E-state index in [0.717, 1.165) is 55.3 Å². The quantitative estimate of drug-likeness (QED) is 0.557. The summed E-state index contributed by atoms with van der Waals surface area (Å²) >= 11 is 0. The van der Waals surface area contributed by atoms with E-state index in [-0.39, 0.29) is 0 Å². The summed E-state index contributed by atoms with van der Waals surface area (Å²) in [6.07, 6.45) is 5.73. The molecule has 1 fully saturated rings. The number of allylic oxidation sites excluding steroid dienone is 6. The standard InChI is InChI=1S/C23H31F3N4OS/c1-4-18(16-20(5-2)23(24,25)26)8-6-13-27-22-11-10-21(29-30(22)3)28-17-19-9-7-14-32(31)15-12-19/h4-6,10-11,13,16,19H,2,7-9,12,14-15,17H2,1,3H3,(H,28,29)/b13-6?,18-4-,20-16+,27-22?. The highest BCUT2D eigenvalue weighted by molar-refractivity contribution is 7.84. The molecule has 0 amide bonds. The summed E-state index contributed by atoms with van der Waals surface area (Å²) in [5.74, 6) is 2.81. The van der Waals surface area contributed by atoms with Crippen LogP contribution in [0.4, 0.5) is 19.0 Å². The number of anilines is 1. The molecule has 1 aliphatic rings. The van der Waals surface area contributed by atoms with Crippen molar-refractivity contribution in [1.29, 1.82) is 0 Å². The van der Waals surface area contributed by atoms with Crippen LogP contribution >= 0.6 is 0 Å². The van der Waals surface area contributed by atoms with Crippen LogP contribution in [0.5, 0.6) is 0 Å². The van der Waals surface area contributed by atoms with Gasteiger partial charge in [0.05, 0.1) is 5.57 Å². The van der Waals surface area contributed by atoms with Gasteiger partial charge in [-0.2, -0.15) is 18.3 Å². The third-order valence-electron chi connectivity index (χ3n) is 5.21. The minimum absolute atomic E-state index is 0.316.